The number of benzene rings is 2. The lowest BCUT2D eigenvalue weighted by molar-refractivity contribution is -0.139. The first-order valence-electron chi connectivity index (χ1n) is 11.4. The molecule has 1 aliphatic heterocycles. The van der Waals surface area contributed by atoms with Crippen LogP contribution in [0.4, 0.5) is 13.2 Å². The zero-order valence-corrected chi connectivity index (χ0v) is 19.7. The van der Waals surface area contributed by atoms with Crippen LogP contribution in [-0.4, -0.2) is 22.5 Å². The molecule has 3 nitrogen and oxygen atoms in total. The van der Waals surface area contributed by atoms with Gasteiger partial charge in [0.05, 0.1) is 5.56 Å². The molecule has 1 saturated heterocycles. The second-order valence-corrected chi connectivity index (χ2v) is 9.84. The van der Waals surface area contributed by atoms with E-state index in [0.29, 0.717) is 23.9 Å². The van der Waals surface area contributed by atoms with E-state index in [0.717, 1.165) is 42.5 Å². The van der Waals surface area contributed by atoms with Crippen molar-refractivity contribution in [2.75, 3.05) is 6.54 Å². The summed E-state index contributed by atoms with van der Waals surface area (Å²) in [6, 6.07) is 13.0. The second-order valence-electron chi connectivity index (χ2n) is 9.40. The third-order valence-electron chi connectivity index (χ3n) is 6.51. The van der Waals surface area contributed by atoms with Gasteiger partial charge < -0.3 is 5.11 Å². The van der Waals surface area contributed by atoms with Crippen molar-refractivity contribution in [3.05, 3.63) is 70.2 Å². The van der Waals surface area contributed by atoms with E-state index in [2.05, 4.69) is 18.7 Å². The van der Waals surface area contributed by atoms with Gasteiger partial charge in [-0.3, -0.25) is 9.69 Å². The van der Waals surface area contributed by atoms with Gasteiger partial charge in [-0.15, -0.1) is 0 Å². The van der Waals surface area contributed by atoms with Gasteiger partial charge in [-0.2, -0.15) is 13.2 Å². The van der Waals surface area contributed by atoms with E-state index in [1.54, 1.807) is 12.1 Å². The van der Waals surface area contributed by atoms with Gasteiger partial charge in [0.1, 0.15) is 0 Å². The number of likely N-dealkylation sites (tertiary alicyclic amines) is 1. The number of carboxylic acids is 1. The molecule has 1 aliphatic rings. The summed E-state index contributed by atoms with van der Waals surface area (Å²) >= 11 is 6.11. The molecule has 1 fully saturated rings. The summed E-state index contributed by atoms with van der Waals surface area (Å²) in [4.78, 5) is 13.7. The largest absolute Gasteiger partial charge is 0.481 e. The molecule has 180 valence electrons. The lowest BCUT2D eigenvalue weighted by atomic mass is 9.82. The van der Waals surface area contributed by atoms with Gasteiger partial charge in [-0.25, -0.2) is 0 Å². The Bertz CT molecular complexity index is 913. The van der Waals surface area contributed by atoms with E-state index >= 15 is 0 Å². The van der Waals surface area contributed by atoms with Crippen LogP contribution >= 0.6 is 11.6 Å². The Kier molecular flexibility index (Phi) is 8.46. The molecule has 3 atom stereocenters. The molecule has 0 bridgehead atoms. The van der Waals surface area contributed by atoms with Crippen molar-refractivity contribution < 1.29 is 23.1 Å². The van der Waals surface area contributed by atoms with Crippen LogP contribution in [-0.2, 0) is 11.0 Å². The normalized spacial score (nSPS) is 20.7. The molecule has 33 heavy (non-hydrogen) atoms. The first-order chi connectivity index (χ1) is 15.5. The number of carbonyl (C=O) groups is 1. The molecule has 1 N–H and O–H groups in total. The van der Waals surface area contributed by atoms with Crippen LogP contribution in [0.25, 0.3) is 0 Å². The van der Waals surface area contributed by atoms with Gasteiger partial charge in [-0.1, -0.05) is 49.7 Å². The van der Waals surface area contributed by atoms with Crippen LogP contribution < -0.4 is 0 Å². The lowest BCUT2D eigenvalue weighted by Gasteiger charge is -2.44. The van der Waals surface area contributed by atoms with Crippen LogP contribution in [0.1, 0.15) is 74.7 Å². The topological polar surface area (TPSA) is 40.5 Å². The van der Waals surface area contributed by atoms with Crippen LogP contribution in [0.3, 0.4) is 0 Å². The summed E-state index contributed by atoms with van der Waals surface area (Å²) in [5, 5.41) is 9.98. The number of alkyl halides is 3. The Hall–Kier alpha value is -2.05. The van der Waals surface area contributed by atoms with Gasteiger partial charge in [0, 0.05) is 23.5 Å². The Morgan fingerprint density at radius 2 is 1.73 bits per heavy atom. The van der Waals surface area contributed by atoms with E-state index < -0.39 is 17.7 Å². The molecule has 2 aromatic carbocycles. The minimum atomic E-state index is -4.39. The Labute approximate surface area is 198 Å². The highest BCUT2D eigenvalue weighted by molar-refractivity contribution is 6.30. The highest BCUT2D eigenvalue weighted by Gasteiger charge is 2.36. The highest BCUT2D eigenvalue weighted by atomic mass is 35.5. The number of nitrogens with zero attached hydrogens (tertiary/aromatic N) is 1. The third-order valence-corrected chi connectivity index (χ3v) is 6.76. The Morgan fingerprint density at radius 3 is 2.27 bits per heavy atom. The van der Waals surface area contributed by atoms with E-state index in [4.69, 9.17) is 11.6 Å². The molecule has 1 heterocycles. The Morgan fingerprint density at radius 1 is 1.09 bits per heavy atom. The van der Waals surface area contributed by atoms with Gasteiger partial charge in [0.15, 0.2) is 0 Å². The van der Waals surface area contributed by atoms with E-state index in [9.17, 15) is 23.1 Å². The van der Waals surface area contributed by atoms with Crippen LogP contribution in [0.15, 0.2) is 48.5 Å². The van der Waals surface area contributed by atoms with Gasteiger partial charge >= 0.3 is 12.1 Å². The van der Waals surface area contributed by atoms with Gasteiger partial charge in [-0.05, 0) is 79.5 Å². The monoisotopic (exact) mass is 481 g/mol. The standard InChI is InChI=1S/C26H31ClF3NO2/c1-17(2)3-12-23(19-6-10-22(27)11-7-19)31-14-13-18(16-25(32)33)15-24(31)20-4-8-21(9-5-20)26(28,29)30/h4-11,17-18,23-24H,3,12-16H2,1-2H3,(H,32,33)/t18-,23-,24+/m1/s1. The zero-order chi connectivity index (χ0) is 24.2. The molecular formula is C26H31ClF3NO2. The molecule has 0 aliphatic carbocycles. The number of hydrogen-bond acceptors (Lipinski definition) is 2. The van der Waals surface area contributed by atoms with Crippen molar-refractivity contribution >= 4 is 17.6 Å². The lowest BCUT2D eigenvalue weighted by Crippen LogP contribution is -2.40. The number of carboxylic acid groups (broad SMARTS) is 1. The maximum absolute atomic E-state index is 13.1. The molecule has 2 aromatic rings. The van der Waals surface area contributed by atoms with Crippen LogP contribution in [0, 0.1) is 11.8 Å². The molecular weight excluding hydrogens is 451 g/mol. The SMILES string of the molecule is CC(C)CC[C@H](c1ccc(Cl)cc1)N1CC[C@@H](CC(=O)O)C[C@H]1c1ccc(C(F)(F)F)cc1. The first-order valence-corrected chi connectivity index (χ1v) is 11.8. The fourth-order valence-corrected chi connectivity index (χ4v) is 4.91. The second kappa shape index (κ2) is 10.9. The van der Waals surface area contributed by atoms with Crippen molar-refractivity contribution in [2.24, 2.45) is 11.8 Å². The van der Waals surface area contributed by atoms with Crippen molar-refractivity contribution in [1.29, 1.82) is 0 Å². The number of rotatable bonds is 8. The van der Waals surface area contributed by atoms with Crippen LogP contribution in [0.5, 0.6) is 0 Å². The number of halogens is 4. The van der Waals surface area contributed by atoms with Gasteiger partial charge in [0.25, 0.3) is 0 Å². The summed E-state index contributed by atoms with van der Waals surface area (Å²) in [6.07, 6.45) is -1.07. The van der Waals surface area contributed by atoms with Crippen molar-refractivity contribution in [3.63, 3.8) is 0 Å². The number of aliphatic carboxylic acids is 1. The maximum Gasteiger partial charge on any atom is 0.416 e. The first kappa shape index (κ1) is 25.6. The molecule has 0 spiro atoms. The van der Waals surface area contributed by atoms with Crippen molar-refractivity contribution in [1.82, 2.24) is 4.90 Å². The summed E-state index contributed by atoms with van der Waals surface area (Å²) in [5.41, 5.74) is 1.24. The average Bonchev–Trinajstić information content (AvgIpc) is 2.74. The smallest absolute Gasteiger partial charge is 0.416 e. The zero-order valence-electron chi connectivity index (χ0n) is 19.0. The predicted molar refractivity (Wildman–Crippen MR) is 124 cm³/mol. The van der Waals surface area contributed by atoms with Crippen LogP contribution in [0.2, 0.25) is 5.02 Å². The molecule has 0 amide bonds. The van der Waals surface area contributed by atoms with E-state index in [1.807, 2.05) is 24.3 Å². The van der Waals surface area contributed by atoms with Gasteiger partial charge in [0.2, 0.25) is 0 Å². The molecule has 0 unspecified atom stereocenters. The molecule has 3 rings (SSSR count). The molecule has 0 saturated carbocycles. The van der Waals surface area contributed by atoms with E-state index in [1.165, 1.54) is 0 Å². The maximum atomic E-state index is 13.1. The van der Waals surface area contributed by atoms with Crippen molar-refractivity contribution in [3.8, 4) is 0 Å². The summed E-state index contributed by atoms with van der Waals surface area (Å²) in [6.45, 7) is 5.03. The van der Waals surface area contributed by atoms with E-state index in [-0.39, 0.29) is 24.4 Å². The number of piperidine rings is 1. The minimum Gasteiger partial charge on any atom is -0.481 e. The highest BCUT2D eigenvalue weighted by Crippen LogP contribution is 2.43. The minimum absolute atomic E-state index is 0.0120. The Balaban J connectivity index is 1.96. The number of hydrogen-bond donors (Lipinski definition) is 1. The quantitative estimate of drug-likeness (QED) is 0.418. The fourth-order valence-electron chi connectivity index (χ4n) is 4.78. The van der Waals surface area contributed by atoms with Crippen molar-refractivity contribution in [2.45, 2.75) is 64.2 Å². The predicted octanol–water partition coefficient (Wildman–Crippen LogP) is 7.76. The fraction of sp³-hybridized carbons (Fsp3) is 0.500. The summed E-state index contributed by atoms with van der Waals surface area (Å²) < 4.78 is 39.3. The molecule has 0 aromatic heterocycles. The summed E-state index contributed by atoms with van der Waals surface area (Å²) in [7, 11) is 0. The summed E-state index contributed by atoms with van der Waals surface area (Å²) in [5.74, 6) is -0.343. The third kappa shape index (κ3) is 6.97. The molecule has 7 heteroatoms. The average molecular weight is 482 g/mol. The molecule has 0 radical (unpaired) electrons.